The maximum atomic E-state index is 12.4. The number of ether oxygens (including phenoxy) is 1. The summed E-state index contributed by atoms with van der Waals surface area (Å²) in [5, 5.41) is 3.32. The van der Waals surface area contributed by atoms with E-state index >= 15 is 0 Å². The monoisotopic (exact) mass is 283 g/mol. The second-order valence-electron chi connectivity index (χ2n) is 6.64. The lowest BCUT2D eigenvalue weighted by Crippen LogP contribution is -2.49. The Morgan fingerprint density at radius 2 is 2.05 bits per heavy atom. The first-order valence-electron chi connectivity index (χ1n) is 7.83. The summed E-state index contributed by atoms with van der Waals surface area (Å²) in [4.78, 5) is 16.5. The number of morpholine rings is 1. The van der Waals surface area contributed by atoms with E-state index in [1.165, 1.54) is 6.42 Å². The lowest BCUT2D eigenvalue weighted by atomic mass is 9.92. The summed E-state index contributed by atoms with van der Waals surface area (Å²) >= 11 is 0. The Morgan fingerprint density at radius 1 is 1.35 bits per heavy atom. The highest BCUT2D eigenvalue weighted by atomic mass is 16.5. The Hall–Kier alpha value is -0.650. The maximum absolute atomic E-state index is 12.4. The molecule has 0 aliphatic carbocycles. The predicted octanol–water partition coefficient (Wildman–Crippen LogP) is 0.411. The predicted molar refractivity (Wildman–Crippen MR) is 79.6 cm³/mol. The number of nitrogens with one attached hydrogen (secondary N) is 1. The number of likely N-dealkylation sites (tertiary alicyclic amines) is 1. The van der Waals surface area contributed by atoms with Crippen molar-refractivity contribution in [2.45, 2.75) is 26.4 Å². The Labute approximate surface area is 122 Å². The number of hydrogen-bond acceptors (Lipinski definition) is 4. The molecule has 20 heavy (non-hydrogen) atoms. The van der Waals surface area contributed by atoms with Crippen molar-refractivity contribution >= 4 is 5.91 Å². The van der Waals surface area contributed by atoms with Gasteiger partial charge in [0.1, 0.15) is 0 Å². The standard InChI is InChI=1S/C15H29N3O2/c1-12-6-13(2)9-18(8-12)15(19)11-17(3)10-14-7-16-4-5-20-14/h12-14,16H,4-11H2,1-3H3. The SMILES string of the molecule is CC1CC(C)CN(C(=O)CN(C)CC2CNCCO2)C1. The Morgan fingerprint density at radius 3 is 2.65 bits per heavy atom. The van der Waals surface area contributed by atoms with E-state index in [1.807, 2.05) is 11.9 Å². The van der Waals surface area contributed by atoms with Crippen LogP contribution in [0.1, 0.15) is 20.3 Å². The van der Waals surface area contributed by atoms with Crippen molar-refractivity contribution in [3.05, 3.63) is 0 Å². The normalized spacial score (nSPS) is 31.6. The minimum atomic E-state index is 0.209. The molecule has 2 saturated heterocycles. The Kier molecular flexibility index (Phi) is 5.81. The third-order valence-electron chi connectivity index (χ3n) is 4.15. The topological polar surface area (TPSA) is 44.8 Å². The molecule has 0 radical (unpaired) electrons. The molecule has 2 aliphatic rings. The molecule has 2 heterocycles. The van der Waals surface area contributed by atoms with Gasteiger partial charge in [-0.1, -0.05) is 13.8 Å². The third-order valence-corrected chi connectivity index (χ3v) is 4.15. The summed E-state index contributed by atoms with van der Waals surface area (Å²) in [6.07, 6.45) is 1.45. The molecule has 0 bridgehead atoms. The van der Waals surface area contributed by atoms with E-state index in [9.17, 15) is 4.79 Å². The summed E-state index contributed by atoms with van der Waals surface area (Å²) in [6.45, 7) is 10.2. The van der Waals surface area contributed by atoms with Crippen LogP contribution in [0.2, 0.25) is 0 Å². The molecule has 1 N–H and O–H groups in total. The number of carbonyl (C=O) groups is 1. The number of amides is 1. The summed E-state index contributed by atoms with van der Waals surface area (Å²) in [6, 6.07) is 0. The number of hydrogen-bond donors (Lipinski definition) is 1. The summed E-state index contributed by atoms with van der Waals surface area (Å²) in [7, 11) is 2.01. The van der Waals surface area contributed by atoms with Gasteiger partial charge in [0.05, 0.1) is 19.3 Å². The fourth-order valence-corrected chi connectivity index (χ4v) is 3.35. The van der Waals surface area contributed by atoms with Crippen LogP contribution in [-0.2, 0) is 9.53 Å². The largest absolute Gasteiger partial charge is 0.374 e. The smallest absolute Gasteiger partial charge is 0.236 e. The molecule has 116 valence electrons. The van der Waals surface area contributed by atoms with Gasteiger partial charge < -0.3 is 15.0 Å². The van der Waals surface area contributed by atoms with E-state index < -0.39 is 0 Å². The molecule has 2 aliphatic heterocycles. The molecule has 0 saturated carbocycles. The molecule has 0 spiro atoms. The van der Waals surface area contributed by atoms with Gasteiger partial charge in [-0.3, -0.25) is 9.69 Å². The van der Waals surface area contributed by atoms with Gasteiger partial charge in [-0.2, -0.15) is 0 Å². The summed E-state index contributed by atoms with van der Waals surface area (Å²) in [5.41, 5.74) is 0. The van der Waals surface area contributed by atoms with E-state index in [4.69, 9.17) is 4.74 Å². The molecule has 0 aromatic rings. The highest BCUT2D eigenvalue weighted by Crippen LogP contribution is 2.20. The van der Waals surface area contributed by atoms with Crippen molar-refractivity contribution in [1.82, 2.24) is 15.1 Å². The van der Waals surface area contributed by atoms with Crippen molar-refractivity contribution in [3.8, 4) is 0 Å². The first-order valence-corrected chi connectivity index (χ1v) is 7.83. The lowest BCUT2D eigenvalue weighted by molar-refractivity contribution is -0.135. The second-order valence-corrected chi connectivity index (χ2v) is 6.64. The van der Waals surface area contributed by atoms with Crippen molar-refractivity contribution in [2.75, 3.05) is 52.9 Å². The zero-order chi connectivity index (χ0) is 14.5. The van der Waals surface area contributed by atoms with Gasteiger partial charge in [-0.05, 0) is 25.3 Å². The van der Waals surface area contributed by atoms with Crippen LogP contribution in [0.15, 0.2) is 0 Å². The highest BCUT2D eigenvalue weighted by molar-refractivity contribution is 5.78. The van der Waals surface area contributed by atoms with Crippen LogP contribution >= 0.6 is 0 Å². The maximum Gasteiger partial charge on any atom is 0.236 e. The lowest BCUT2D eigenvalue weighted by Gasteiger charge is -2.36. The molecule has 3 unspecified atom stereocenters. The molecule has 5 heteroatoms. The van der Waals surface area contributed by atoms with Crippen LogP contribution in [0, 0.1) is 11.8 Å². The fourth-order valence-electron chi connectivity index (χ4n) is 3.35. The van der Waals surface area contributed by atoms with E-state index in [0.29, 0.717) is 18.4 Å². The molecule has 3 atom stereocenters. The molecule has 0 aromatic carbocycles. The molecule has 2 rings (SSSR count). The molecule has 5 nitrogen and oxygen atoms in total. The highest BCUT2D eigenvalue weighted by Gasteiger charge is 2.26. The van der Waals surface area contributed by atoms with Gasteiger partial charge in [-0.25, -0.2) is 0 Å². The number of likely N-dealkylation sites (N-methyl/N-ethyl adjacent to an activating group) is 1. The molecule has 0 aromatic heterocycles. The average Bonchev–Trinajstić information content (AvgIpc) is 2.38. The second kappa shape index (κ2) is 7.38. The van der Waals surface area contributed by atoms with Gasteiger partial charge in [0, 0.05) is 32.7 Å². The van der Waals surface area contributed by atoms with E-state index in [0.717, 1.165) is 39.3 Å². The van der Waals surface area contributed by atoms with Gasteiger partial charge in [0.25, 0.3) is 0 Å². The van der Waals surface area contributed by atoms with Crippen molar-refractivity contribution in [1.29, 1.82) is 0 Å². The van der Waals surface area contributed by atoms with Crippen LogP contribution < -0.4 is 5.32 Å². The number of piperidine rings is 1. The summed E-state index contributed by atoms with van der Waals surface area (Å²) < 4.78 is 5.68. The Balaban J connectivity index is 1.75. The minimum absolute atomic E-state index is 0.209. The Bertz CT molecular complexity index is 308. The van der Waals surface area contributed by atoms with E-state index in [-0.39, 0.29) is 12.0 Å². The zero-order valence-electron chi connectivity index (χ0n) is 13.1. The minimum Gasteiger partial charge on any atom is -0.374 e. The molecule has 2 fully saturated rings. The van der Waals surface area contributed by atoms with Crippen molar-refractivity contribution < 1.29 is 9.53 Å². The molecular weight excluding hydrogens is 254 g/mol. The van der Waals surface area contributed by atoms with Crippen LogP contribution in [-0.4, -0.2) is 74.7 Å². The van der Waals surface area contributed by atoms with Crippen molar-refractivity contribution in [3.63, 3.8) is 0 Å². The van der Waals surface area contributed by atoms with Crippen LogP contribution in [0.25, 0.3) is 0 Å². The van der Waals surface area contributed by atoms with E-state index in [2.05, 4.69) is 24.1 Å². The molecule has 1 amide bonds. The number of rotatable bonds is 4. The number of carbonyl (C=O) groups excluding carboxylic acids is 1. The van der Waals surface area contributed by atoms with Gasteiger partial charge in [0.15, 0.2) is 0 Å². The summed E-state index contributed by atoms with van der Waals surface area (Å²) in [5.74, 6) is 1.51. The number of nitrogens with zero attached hydrogens (tertiary/aromatic N) is 2. The van der Waals surface area contributed by atoms with Crippen LogP contribution in [0.5, 0.6) is 0 Å². The van der Waals surface area contributed by atoms with Gasteiger partial charge in [0.2, 0.25) is 5.91 Å². The van der Waals surface area contributed by atoms with Crippen LogP contribution in [0.3, 0.4) is 0 Å². The fraction of sp³-hybridized carbons (Fsp3) is 0.933. The van der Waals surface area contributed by atoms with Crippen LogP contribution in [0.4, 0.5) is 0 Å². The zero-order valence-corrected chi connectivity index (χ0v) is 13.1. The average molecular weight is 283 g/mol. The van der Waals surface area contributed by atoms with Gasteiger partial charge in [-0.15, -0.1) is 0 Å². The van der Waals surface area contributed by atoms with Gasteiger partial charge >= 0.3 is 0 Å². The third kappa shape index (κ3) is 4.72. The molecular formula is C15H29N3O2. The quantitative estimate of drug-likeness (QED) is 0.812. The first-order chi connectivity index (χ1) is 9.54. The first kappa shape index (κ1) is 15.7. The van der Waals surface area contributed by atoms with E-state index in [1.54, 1.807) is 0 Å². The van der Waals surface area contributed by atoms with Crippen molar-refractivity contribution in [2.24, 2.45) is 11.8 Å².